The van der Waals surface area contributed by atoms with Gasteiger partial charge in [-0.05, 0) is 17.7 Å². The first-order valence-electron chi connectivity index (χ1n) is 6.00. The van der Waals surface area contributed by atoms with Gasteiger partial charge < -0.3 is 10.5 Å². The number of halogens is 1. The second-order valence-electron chi connectivity index (χ2n) is 5.15. The van der Waals surface area contributed by atoms with E-state index in [4.69, 9.17) is 10.5 Å². The van der Waals surface area contributed by atoms with Crippen molar-refractivity contribution in [3.63, 3.8) is 0 Å². The highest BCUT2D eigenvalue weighted by molar-refractivity contribution is 7.91. The van der Waals surface area contributed by atoms with E-state index in [1.54, 1.807) is 12.1 Å². The number of sulfone groups is 1. The molecule has 1 aromatic carbocycles. The van der Waals surface area contributed by atoms with Crippen LogP contribution in [0.4, 0.5) is 4.39 Å². The predicted octanol–water partition coefficient (Wildman–Crippen LogP) is 0.928. The molecule has 3 atom stereocenters. The number of nitrogens with two attached hydrogens (primary N) is 1. The van der Waals surface area contributed by atoms with E-state index in [2.05, 4.69) is 0 Å². The number of rotatable bonds is 5. The van der Waals surface area contributed by atoms with Crippen molar-refractivity contribution >= 4 is 9.84 Å². The number of hydrogen-bond donors (Lipinski definition) is 1. The second-order valence-corrected chi connectivity index (χ2v) is 7.32. The van der Waals surface area contributed by atoms with Gasteiger partial charge >= 0.3 is 0 Å². The maximum atomic E-state index is 13.0. The van der Waals surface area contributed by atoms with Crippen LogP contribution < -0.4 is 5.73 Å². The summed E-state index contributed by atoms with van der Waals surface area (Å²) in [6, 6.07) is 5.90. The van der Waals surface area contributed by atoms with E-state index in [-0.39, 0.29) is 24.9 Å². The van der Waals surface area contributed by atoms with E-state index in [0.717, 1.165) is 5.56 Å². The van der Waals surface area contributed by atoms with E-state index >= 15 is 0 Å². The van der Waals surface area contributed by atoms with Crippen molar-refractivity contribution in [3.8, 4) is 0 Å². The Bertz CT molecular complexity index is 558. The normalized spacial score (nSPS) is 30.3. The maximum Gasteiger partial charge on any atom is 0.151 e. The molecule has 1 fully saturated rings. The summed E-state index contributed by atoms with van der Waals surface area (Å²) in [5.41, 5.74) is 5.98. The third kappa shape index (κ3) is 2.40. The molecule has 0 spiro atoms. The average molecular weight is 287 g/mol. The van der Waals surface area contributed by atoms with E-state index in [1.807, 2.05) is 0 Å². The van der Waals surface area contributed by atoms with Crippen LogP contribution in [0.2, 0.25) is 0 Å². The predicted molar refractivity (Wildman–Crippen MR) is 71.1 cm³/mol. The van der Waals surface area contributed by atoms with Gasteiger partial charge in [0.15, 0.2) is 9.84 Å². The summed E-state index contributed by atoms with van der Waals surface area (Å²) in [7, 11) is -1.71. The Morgan fingerprint density at radius 1 is 1.37 bits per heavy atom. The highest BCUT2D eigenvalue weighted by Crippen LogP contribution is 2.62. The highest BCUT2D eigenvalue weighted by atomic mass is 32.2. The van der Waals surface area contributed by atoms with Crippen LogP contribution in [0.15, 0.2) is 24.3 Å². The first-order chi connectivity index (χ1) is 8.86. The van der Waals surface area contributed by atoms with Gasteiger partial charge in [0.1, 0.15) is 5.82 Å². The molecule has 1 aliphatic rings. The molecule has 1 aromatic rings. The summed E-state index contributed by atoms with van der Waals surface area (Å²) in [5, 5.41) is -0.560. The molecule has 0 unspecified atom stereocenters. The standard InChI is InChI=1S/C13H18FNO3S/c1-18-8-13(7-15)11(12(13)19(2,16)17)9-3-5-10(14)6-4-9/h3-6,11-12H,7-8,15H2,1-2H3/t11-,12-,13-/m1/s1. The summed E-state index contributed by atoms with van der Waals surface area (Å²) in [6.07, 6.45) is 1.21. The van der Waals surface area contributed by atoms with Gasteiger partial charge in [-0.25, -0.2) is 12.8 Å². The van der Waals surface area contributed by atoms with Crippen LogP contribution in [0.5, 0.6) is 0 Å². The van der Waals surface area contributed by atoms with Crippen LogP contribution >= 0.6 is 0 Å². The fourth-order valence-electron chi connectivity index (χ4n) is 3.05. The molecule has 2 rings (SSSR count). The molecule has 0 aliphatic heterocycles. The third-order valence-corrected chi connectivity index (χ3v) is 5.53. The first kappa shape index (κ1) is 14.4. The summed E-state index contributed by atoms with van der Waals surface area (Å²) >= 11 is 0. The molecule has 0 saturated heterocycles. The van der Waals surface area contributed by atoms with Crippen molar-refractivity contribution in [2.75, 3.05) is 26.5 Å². The zero-order chi connectivity index (χ0) is 14.3. The van der Waals surface area contributed by atoms with Gasteiger partial charge in [-0.15, -0.1) is 0 Å². The maximum absolute atomic E-state index is 13.0. The lowest BCUT2D eigenvalue weighted by molar-refractivity contribution is 0.142. The summed E-state index contributed by atoms with van der Waals surface area (Å²) in [6.45, 7) is 0.504. The van der Waals surface area contributed by atoms with Crippen LogP contribution in [0.3, 0.4) is 0 Å². The SMILES string of the molecule is COC[C@]1(CN)[C@H](c2ccc(F)cc2)[C@H]1S(C)(=O)=O. The lowest BCUT2D eigenvalue weighted by Crippen LogP contribution is -2.28. The molecule has 1 aliphatic carbocycles. The smallest absolute Gasteiger partial charge is 0.151 e. The Kier molecular flexibility index (Phi) is 3.68. The van der Waals surface area contributed by atoms with Gasteiger partial charge in [0.05, 0.1) is 11.9 Å². The Morgan fingerprint density at radius 3 is 2.37 bits per heavy atom. The van der Waals surface area contributed by atoms with E-state index in [0.29, 0.717) is 0 Å². The van der Waals surface area contributed by atoms with Crippen LogP contribution in [0.1, 0.15) is 11.5 Å². The monoisotopic (exact) mass is 287 g/mol. The Balaban J connectivity index is 2.40. The Morgan fingerprint density at radius 2 is 1.95 bits per heavy atom. The van der Waals surface area contributed by atoms with E-state index < -0.39 is 20.5 Å². The molecular formula is C13H18FNO3S. The molecule has 1 saturated carbocycles. The van der Waals surface area contributed by atoms with Gasteiger partial charge in [0.2, 0.25) is 0 Å². The minimum Gasteiger partial charge on any atom is -0.384 e. The van der Waals surface area contributed by atoms with Crippen molar-refractivity contribution in [2.24, 2.45) is 11.1 Å². The molecule has 4 nitrogen and oxygen atoms in total. The van der Waals surface area contributed by atoms with E-state index in [9.17, 15) is 12.8 Å². The van der Waals surface area contributed by atoms with Crippen molar-refractivity contribution in [1.29, 1.82) is 0 Å². The second kappa shape index (κ2) is 4.85. The lowest BCUT2D eigenvalue weighted by Gasteiger charge is -2.14. The fourth-order valence-corrected chi connectivity index (χ4v) is 5.05. The molecule has 0 heterocycles. The van der Waals surface area contributed by atoms with E-state index in [1.165, 1.54) is 25.5 Å². The molecule has 0 bridgehead atoms. The van der Waals surface area contributed by atoms with Crippen molar-refractivity contribution in [3.05, 3.63) is 35.6 Å². The molecule has 0 amide bonds. The molecule has 0 radical (unpaired) electrons. The fraction of sp³-hybridized carbons (Fsp3) is 0.538. The molecule has 6 heteroatoms. The zero-order valence-electron chi connectivity index (χ0n) is 11.0. The summed E-state index contributed by atoms with van der Waals surface area (Å²) in [4.78, 5) is 0. The van der Waals surface area contributed by atoms with Gasteiger partial charge in [-0.1, -0.05) is 12.1 Å². The van der Waals surface area contributed by atoms with Crippen LogP contribution in [-0.4, -0.2) is 40.2 Å². The van der Waals surface area contributed by atoms with Crippen LogP contribution in [0, 0.1) is 11.2 Å². The molecule has 19 heavy (non-hydrogen) atoms. The molecular weight excluding hydrogens is 269 g/mol. The molecule has 2 N–H and O–H groups in total. The first-order valence-corrected chi connectivity index (χ1v) is 7.95. The lowest BCUT2D eigenvalue weighted by atomic mass is 10.00. The largest absolute Gasteiger partial charge is 0.384 e. The van der Waals surface area contributed by atoms with Gasteiger partial charge in [-0.2, -0.15) is 0 Å². The van der Waals surface area contributed by atoms with Crippen molar-refractivity contribution < 1.29 is 17.5 Å². The van der Waals surface area contributed by atoms with Gasteiger partial charge in [0, 0.05) is 31.2 Å². The summed E-state index contributed by atoms with van der Waals surface area (Å²) < 4.78 is 41.9. The number of ether oxygens (including phenoxy) is 1. The van der Waals surface area contributed by atoms with Crippen molar-refractivity contribution in [2.45, 2.75) is 11.2 Å². The number of methoxy groups -OCH3 is 1. The summed E-state index contributed by atoms with van der Waals surface area (Å²) in [5.74, 6) is -0.571. The average Bonchev–Trinajstić information content (AvgIpc) is 3.00. The van der Waals surface area contributed by atoms with Crippen LogP contribution in [0.25, 0.3) is 0 Å². The zero-order valence-corrected chi connectivity index (χ0v) is 11.8. The minimum absolute atomic E-state index is 0.223. The number of benzene rings is 1. The van der Waals surface area contributed by atoms with Gasteiger partial charge in [-0.3, -0.25) is 0 Å². The van der Waals surface area contributed by atoms with Crippen molar-refractivity contribution in [1.82, 2.24) is 0 Å². The highest BCUT2D eigenvalue weighted by Gasteiger charge is 2.69. The topological polar surface area (TPSA) is 69.4 Å². The quantitative estimate of drug-likeness (QED) is 0.874. The minimum atomic E-state index is -3.23. The third-order valence-electron chi connectivity index (χ3n) is 3.86. The molecule has 0 aromatic heterocycles. The molecule has 106 valence electrons. The van der Waals surface area contributed by atoms with Crippen LogP contribution in [-0.2, 0) is 14.6 Å². The van der Waals surface area contributed by atoms with Gasteiger partial charge in [0.25, 0.3) is 0 Å². The Hall–Kier alpha value is -0.980. The number of hydrogen-bond acceptors (Lipinski definition) is 4. The Labute approximate surface area is 112 Å².